The number of hydrogen-bond donors (Lipinski definition) is 0. The van der Waals surface area contributed by atoms with Crippen molar-refractivity contribution < 1.29 is 4.79 Å². The van der Waals surface area contributed by atoms with Gasteiger partial charge in [-0.3, -0.25) is 4.79 Å². The molecule has 0 spiro atoms. The van der Waals surface area contributed by atoms with Crippen LogP contribution in [0.1, 0.15) is 36.5 Å². The van der Waals surface area contributed by atoms with Crippen molar-refractivity contribution in [3.05, 3.63) is 47.5 Å². The van der Waals surface area contributed by atoms with E-state index in [1.54, 1.807) is 0 Å². The molecule has 1 heteroatoms. The minimum atomic E-state index is 0.126. The fourth-order valence-corrected chi connectivity index (χ4v) is 2.16. The summed E-state index contributed by atoms with van der Waals surface area (Å²) < 4.78 is 0. The highest BCUT2D eigenvalue weighted by Gasteiger charge is 2.22. The molecule has 1 nitrogen and oxygen atoms in total. The fourth-order valence-electron chi connectivity index (χ4n) is 2.16. The van der Waals surface area contributed by atoms with Gasteiger partial charge < -0.3 is 0 Å². The molecular weight excluding hydrogens is 184 g/mol. The lowest BCUT2D eigenvalue weighted by molar-refractivity contribution is 0.0930. The molecule has 1 atom stereocenters. The number of carbonyl (C=O) groups excluding carboxylic acids is 1. The van der Waals surface area contributed by atoms with E-state index in [1.165, 1.54) is 5.57 Å². The lowest BCUT2D eigenvalue weighted by Crippen LogP contribution is -2.18. The van der Waals surface area contributed by atoms with E-state index in [9.17, 15) is 4.79 Å². The molecule has 15 heavy (non-hydrogen) atoms. The lowest BCUT2D eigenvalue weighted by Gasteiger charge is -2.20. The van der Waals surface area contributed by atoms with E-state index < -0.39 is 0 Å². The Kier molecular flexibility index (Phi) is 3.00. The van der Waals surface area contributed by atoms with E-state index in [2.05, 4.69) is 13.0 Å². The van der Waals surface area contributed by atoms with Crippen LogP contribution in [-0.2, 0) is 0 Å². The van der Waals surface area contributed by atoms with Crippen molar-refractivity contribution in [1.29, 1.82) is 0 Å². The molecule has 1 aliphatic carbocycles. The Labute approximate surface area is 90.8 Å². The summed E-state index contributed by atoms with van der Waals surface area (Å²) in [5, 5.41) is 0. The maximum Gasteiger partial charge on any atom is 0.169 e. The SMILES string of the molecule is CC1=CCCCC1C(=O)c1ccccc1. The van der Waals surface area contributed by atoms with Gasteiger partial charge in [-0.25, -0.2) is 0 Å². The molecule has 0 heterocycles. The van der Waals surface area contributed by atoms with Crippen LogP contribution in [-0.4, -0.2) is 5.78 Å². The molecule has 1 aromatic rings. The molecule has 0 radical (unpaired) electrons. The molecule has 0 saturated carbocycles. The van der Waals surface area contributed by atoms with Crippen molar-refractivity contribution >= 4 is 5.78 Å². The van der Waals surface area contributed by atoms with Crippen LogP contribution in [0.2, 0.25) is 0 Å². The number of allylic oxidation sites excluding steroid dienone is 2. The Hall–Kier alpha value is -1.37. The average molecular weight is 200 g/mol. The zero-order valence-electron chi connectivity index (χ0n) is 9.07. The van der Waals surface area contributed by atoms with Crippen LogP contribution < -0.4 is 0 Å². The fraction of sp³-hybridized carbons (Fsp3) is 0.357. The van der Waals surface area contributed by atoms with Gasteiger partial charge in [0.2, 0.25) is 0 Å². The highest BCUT2D eigenvalue weighted by atomic mass is 16.1. The van der Waals surface area contributed by atoms with Crippen molar-refractivity contribution in [3.8, 4) is 0 Å². The van der Waals surface area contributed by atoms with Gasteiger partial charge in [0.05, 0.1) is 0 Å². The van der Waals surface area contributed by atoms with Gasteiger partial charge in [0, 0.05) is 11.5 Å². The van der Waals surface area contributed by atoms with Crippen LogP contribution in [0.15, 0.2) is 42.0 Å². The molecule has 0 amide bonds. The standard InChI is InChI=1S/C14H16O/c1-11-7-5-6-10-13(11)14(15)12-8-3-2-4-9-12/h2-4,7-9,13H,5-6,10H2,1H3. The highest BCUT2D eigenvalue weighted by Crippen LogP contribution is 2.27. The van der Waals surface area contributed by atoms with E-state index >= 15 is 0 Å². The Balaban J connectivity index is 2.21. The molecule has 0 aliphatic heterocycles. The monoisotopic (exact) mass is 200 g/mol. The van der Waals surface area contributed by atoms with Crippen LogP contribution in [0.25, 0.3) is 0 Å². The summed E-state index contributed by atoms with van der Waals surface area (Å²) in [4.78, 5) is 12.2. The highest BCUT2D eigenvalue weighted by molar-refractivity contribution is 5.99. The van der Waals surface area contributed by atoms with Crippen LogP contribution in [0.4, 0.5) is 0 Å². The predicted molar refractivity (Wildman–Crippen MR) is 61.9 cm³/mol. The summed E-state index contributed by atoms with van der Waals surface area (Å²) in [5.74, 6) is 0.408. The predicted octanol–water partition coefficient (Wildman–Crippen LogP) is 3.62. The van der Waals surface area contributed by atoms with Crippen molar-refractivity contribution in [2.24, 2.45) is 5.92 Å². The summed E-state index contributed by atoms with van der Waals surface area (Å²) >= 11 is 0. The third-order valence-corrected chi connectivity index (χ3v) is 3.09. The third-order valence-electron chi connectivity index (χ3n) is 3.09. The van der Waals surface area contributed by atoms with E-state index in [-0.39, 0.29) is 11.7 Å². The van der Waals surface area contributed by atoms with Crippen molar-refractivity contribution in [2.45, 2.75) is 26.2 Å². The van der Waals surface area contributed by atoms with E-state index in [1.807, 2.05) is 30.3 Å². The minimum absolute atomic E-state index is 0.126. The number of hydrogen-bond acceptors (Lipinski definition) is 1. The largest absolute Gasteiger partial charge is 0.294 e. The first kappa shape index (κ1) is 10.2. The Bertz CT molecular complexity index is 376. The maximum absolute atomic E-state index is 12.2. The summed E-state index contributed by atoms with van der Waals surface area (Å²) in [7, 11) is 0. The zero-order valence-corrected chi connectivity index (χ0v) is 9.07. The molecule has 0 N–H and O–H groups in total. The van der Waals surface area contributed by atoms with Gasteiger partial charge in [0.1, 0.15) is 0 Å². The van der Waals surface area contributed by atoms with Gasteiger partial charge in [-0.1, -0.05) is 42.0 Å². The lowest BCUT2D eigenvalue weighted by atomic mass is 9.83. The van der Waals surface area contributed by atoms with Crippen molar-refractivity contribution in [1.82, 2.24) is 0 Å². The Morgan fingerprint density at radius 3 is 2.67 bits per heavy atom. The van der Waals surface area contributed by atoms with Gasteiger partial charge in [-0.2, -0.15) is 0 Å². The molecule has 1 aromatic carbocycles. The summed E-state index contributed by atoms with van der Waals surface area (Å²) in [6.07, 6.45) is 5.48. The molecule has 1 aliphatic rings. The molecule has 0 saturated heterocycles. The van der Waals surface area contributed by atoms with Crippen LogP contribution >= 0.6 is 0 Å². The van der Waals surface area contributed by atoms with Gasteiger partial charge in [0.15, 0.2) is 5.78 Å². The van der Waals surface area contributed by atoms with Crippen LogP contribution in [0.3, 0.4) is 0 Å². The molecular formula is C14H16O. The van der Waals surface area contributed by atoms with Crippen LogP contribution in [0.5, 0.6) is 0 Å². The van der Waals surface area contributed by atoms with Gasteiger partial charge in [0.25, 0.3) is 0 Å². The number of Topliss-reactive ketones (excluding diaryl/α,β-unsaturated/α-hetero) is 1. The first-order valence-electron chi connectivity index (χ1n) is 5.55. The number of benzene rings is 1. The molecule has 78 valence electrons. The average Bonchev–Trinajstić information content (AvgIpc) is 2.30. The normalized spacial score (nSPS) is 20.9. The second-order valence-corrected chi connectivity index (χ2v) is 4.16. The van der Waals surface area contributed by atoms with Crippen molar-refractivity contribution in [2.75, 3.05) is 0 Å². The van der Waals surface area contributed by atoms with Gasteiger partial charge in [-0.05, 0) is 26.2 Å². The molecule has 1 unspecified atom stereocenters. The molecule has 0 aromatic heterocycles. The summed E-state index contributed by atoms with van der Waals surface area (Å²) in [5.41, 5.74) is 2.09. The minimum Gasteiger partial charge on any atom is -0.294 e. The second-order valence-electron chi connectivity index (χ2n) is 4.16. The summed E-state index contributed by atoms with van der Waals surface area (Å²) in [6, 6.07) is 9.61. The smallest absolute Gasteiger partial charge is 0.169 e. The molecule has 0 bridgehead atoms. The van der Waals surface area contributed by atoms with E-state index in [4.69, 9.17) is 0 Å². The molecule has 0 fully saturated rings. The zero-order chi connectivity index (χ0) is 10.7. The second kappa shape index (κ2) is 4.43. The molecule has 2 rings (SSSR count). The first-order chi connectivity index (χ1) is 7.29. The maximum atomic E-state index is 12.2. The number of carbonyl (C=O) groups is 1. The van der Waals surface area contributed by atoms with E-state index in [0.717, 1.165) is 24.8 Å². The third kappa shape index (κ3) is 2.17. The number of ketones is 1. The van der Waals surface area contributed by atoms with Gasteiger partial charge in [-0.15, -0.1) is 0 Å². The van der Waals surface area contributed by atoms with Crippen molar-refractivity contribution in [3.63, 3.8) is 0 Å². The number of rotatable bonds is 2. The quantitative estimate of drug-likeness (QED) is 0.526. The van der Waals surface area contributed by atoms with Crippen LogP contribution in [0, 0.1) is 5.92 Å². The first-order valence-corrected chi connectivity index (χ1v) is 5.55. The van der Waals surface area contributed by atoms with Gasteiger partial charge >= 0.3 is 0 Å². The topological polar surface area (TPSA) is 17.1 Å². The Morgan fingerprint density at radius 2 is 2.00 bits per heavy atom. The Morgan fingerprint density at radius 1 is 1.27 bits per heavy atom. The summed E-state index contributed by atoms with van der Waals surface area (Å²) in [6.45, 7) is 2.07. The van der Waals surface area contributed by atoms with E-state index in [0.29, 0.717) is 0 Å².